The second-order valence-corrected chi connectivity index (χ2v) is 5.33. The van der Waals surface area contributed by atoms with Crippen molar-refractivity contribution in [1.82, 2.24) is 4.90 Å². The minimum atomic E-state index is 0.0481. The number of carbonyl (C=O) groups is 1. The van der Waals surface area contributed by atoms with Crippen LogP contribution in [0.4, 0.5) is 0 Å². The first-order valence-electron chi connectivity index (χ1n) is 6.32. The lowest BCUT2D eigenvalue weighted by atomic mass is 10.2. The van der Waals surface area contributed by atoms with Crippen LogP contribution in [-0.4, -0.2) is 24.5 Å². The van der Waals surface area contributed by atoms with Crippen LogP contribution in [0.2, 0.25) is 0 Å². The van der Waals surface area contributed by atoms with Gasteiger partial charge in [-0.1, -0.05) is 30.9 Å². The Morgan fingerprint density at radius 1 is 1.35 bits per heavy atom. The monoisotopic (exact) mass is 287 g/mol. The molecule has 0 aliphatic heterocycles. The van der Waals surface area contributed by atoms with E-state index in [-0.39, 0.29) is 5.91 Å². The summed E-state index contributed by atoms with van der Waals surface area (Å²) in [5.41, 5.74) is 1.07. The maximum Gasteiger partial charge on any atom is 0.263 e. The first kappa shape index (κ1) is 14.3. The Kier molecular flexibility index (Phi) is 4.96. The summed E-state index contributed by atoms with van der Waals surface area (Å²) in [6, 6.07) is 11.5. The molecule has 2 rings (SSSR count). The van der Waals surface area contributed by atoms with Gasteiger partial charge in [0.15, 0.2) is 0 Å². The van der Waals surface area contributed by atoms with Gasteiger partial charge in [-0.2, -0.15) is 0 Å². The van der Waals surface area contributed by atoms with Crippen molar-refractivity contribution in [2.45, 2.75) is 6.54 Å². The van der Waals surface area contributed by atoms with E-state index >= 15 is 0 Å². The molecule has 1 aromatic carbocycles. The molecular formula is C16H17NO2S. The van der Waals surface area contributed by atoms with Gasteiger partial charge in [0, 0.05) is 13.6 Å². The highest BCUT2D eigenvalue weighted by Crippen LogP contribution is 2.16. The zero-order valence-corrected chi connectivity index (χ0v) is 12.2. The maximum absolute atomic E-state index is 12.1. The summed E-state index contributed by atoms with van der Waals surface area (Å²) in [7, 11) is 1.81. The van der Waals surface area contributed by atoms with Gasteiger partial charge in [0.05, 0.1) is 4.88 Å². The van der Waals surface area contributed by atoms with Gasteiger partial charge in [-0.25, -0.2) is 0 Å². The SMILES string of the molecule is C=CCOc1ccc(CN(C)C(=O)c2cccs2)cc1. The molecule has 0 atom stereocenters. The van der Waals surface area contributed by atoms with Crippen molar-refractivity contribution in [3.05, 3.63) is 64.9 Å². The fraction of sp³-hybridized carbons (Fsp3) is 0.188. The van der Waals surface area contributed by atoms with Crippen molar-refractivity contribution >= 4 is 17.2 Å². The van der Waals surface area contributed by atoms with Crippen molar-refractivity contribution in [2.75, 3.05) is 13.7 Å². The number of amides is 1. The molecule has 0 aliphatic rings. The molecule has 0 bridgehead atoms. The minimum Gasteiger partial charge on any atom is -0.490 e. The summed E-state index contributed by atoms with van der Waals surface area (Å²) in [5, 5.41) is 1.91. The first-order chi connectivity index (χ1) is 9.70. The standard InChI is InChI=1S/C16H17NO2S/c1-3-10-19-14-8-6-13(7-9-14)12-17(2)16(18)15-5-4-11-20-15/h3-9,11H,1,10,12H2,2H3. The van der Waals surface area contributed by atoms with Gasteiger partial charge in [-0.3, -0.25) is 4.79 Å². The first-order valence-corrected chi connectivity index (χ1v) is 7.20. The van der Waals surface area contributed by atoms with E-state index in [4.69, 9.17) is 4.74 Å². The van der Waals surface area contributed by atoms with Crippen LogP contribution < -0.4 is 4.74 Å². The molecule has 4 heteroatoms. The molecule has 1 heterocycles. The van der Waals surface area contributed by atoms with Crippen LogP contribution in [0, 0.1) is 0 Å². The average Bonchev–Trinajstić information content (AvgIpc) is 3.00. The summed E-state index contributed by atoms with van der Waals surface area (Å²) in [5.74, 6) is 0.855. The summed E-state index contributed by atoms with van der Waals surface area (Å²) in [6.07, 6.45) is 1.71. The fourth-order valence-electron chi connectivity index (χ4n) is 1.78. The summed E-state index contributed by atoms with van der Waals surface area (Å²) < 4.78 is 5.42. The number of benzene rings is 1. The van der Waals surface area contributed by atoms with Crippen molar-refractivity contribution < 1.29 is 9.53 Å². The minimum absolute atomic E-state index is 0.0481. The second kappa shape index (κ2) is 6.91. The van der Waals surface area contributed by atoms with Crippen LogP contribution in [0.5, 0.6) is 5.75 Å². The van der Waals surface area contributed by atoms with Crippen molar-refractivity contribution in [3.8, 4) is 5.75 Å². The number of hydrogen-bond donors (Lipinski definition) is 0. The van der Waals surface area contributed by atoms with E-state index in [1.807, 2.05) is 48.8 Å². The van der Waals surface area contributed by atoms with Crippen molar-refractivity contribution in [1.29, 1.82) is 0 Å². The largest absolute Gasteiger partial charge is 0.490 e. The highest BCUT2D eigenvalue weighted by Gasteiger charge is 2.12. The van der Waals surface area contributed by atoms with E-state index < -0.39 is 0 Å². The molecule has 0 radical (unpaired) electrons. The Morgan fingerprint density at radius 3 is 2.70 bits per heavy atom. The topological polar surface area (TPSA) is 29.5 Å². The van der Waals surface area contributed by atoms with Gasteiger partial charge in [0.25, 0.3) is 5.91 Å². The number of ether oxygens (including phenoxy) is 1. The lowest BCUT2D eigenvalue weighted by Gasteiger charge is -2.16. The van der Waals surface area contributed by atoms with Gasteiger partial charge in [0.1, 0.15) is 12.4 Å². The molecular weight excluding hydrogens is 270 g/mol. The van der Waals surface area contributed by atoms with E-state index in [1.165, 1.54) is 11.3 Å². The molecule has 0 aliphatic carbocycles. The number of carbonyl (C=O) groups excluding carboxylic acids is 1. The predicted octanol–water partition coefficient (Wildman–Crippen LogP) is 3.59. The van der Waals surface area contributed by atoms with Gasteiger partial charge >= 0.3 is 0 Å². The van der Waals surface area contributed by atoms with E-state index in [0.717, 1.165) is 16.2 Å². The predicted molar refractivity (Wildman–Crippen MR) is 82.3 cm³/mol. The zero-order valence-electron chi connectivity index (χ0n) is 11.4. The molecule has 0 saturated carbocycles. The zero-order chi connectivity index (χ0) is 14.4. The van der Waals surface area contributed by atoms with Gasteiger partial charge < -0.3 is 9.64 Å². The molecule has 0 spiro atoms. The van der Waals surface area contributed by atoms with E-state index in [1.54, 1.807) is 11.0 Å². The van der Waals surface area contributed by atoms with Gasteiger partial charge in [-0.15, -0.1) is 11.3 Å². The number of rotatable bonds is 6. The molecule has 2 aromatic rings. The Bertz CT molecular complexity index is 561. The van der Waals surface area contributed by atoms with Gasteiger partial charge in [0.2, 0.25) is 0 Å². The molecule has 20 heavy (non-hydrogen) atoms. The van der Waals surface area contributed by atoms with Crippen LogP contribution in [-0.2, 0) is 6.54 Å². The molecule has 3 nitrogen and oxygen atoms in total. The molecule has 1 amide bonds. The lowest BCUT2D eigenvalue weighted by molar-refractivity contribution is 0.0790. The quantitative estimate of drug-likeness (QED) is 0.760. The molecule has 1 aromatic heterocycles. The number of nitrogens with zero attached hydrogens (tertiary/aromatic N) is 1. The maximum atomic E-state index is 12.1. The van der Waals surface area contributed by atoms with Crippen LogP contribution in [0.25, 0.3) is 0 Å². The van der Waals surface area contributed by atoms with E-state index in [9.17, 15) is 4.79 Å². The van der Waals surface area contributed by atoms with Crippen LogP contribution in [0.1, 0.15) is 15.2 Å². The lowest BCUT2D eigenvalue weighted by Crippen LogP contribution is -2.25. The molecule has 104 valence electrons. The molecule has 0 N–H and O–H groups in total. The summed E-state index contributed by atoms with van der Waals surface area (Å²) >= 11 is 1.46. The highest BCUT2D eigenvalue weighted by molar-refractivity contribution is 7.12. The van der Waals surface area contributed by atoms with Crippen LogP contribution in [0.15, 0.2) is 54.4 Å². The third-order valence-electron chi connectivity index (χ3n) is 2.79. The number of hydrogen-bond acceptors (Lipinski definition) is 3. The Balaban J connectivity index is 1.95. The van der Waals surface area contributed by atoms with E-state index in [0.29, 0.717) is 13.2 Å². The fourth-order valence-corrected chi connectivity index (χ4v) is 2.50. The highest BCUT2D eigenvalue weighted by atomic mass is 32.1. The Labute approximate surface area is 123 Å². The molecule has 0 fully saturated rings. The second-order valence-electron chi connectivity index (χ2n) is 4.38. The van der Waals surface area contributed by atoms with E-state index in [2.05, 4.69) is 6.58 Å². The number of thiophene rings is 1. The third-order valence-corrected chi connectivity index (χ3v) is 3.65. The van der Waals surface area contributed by atoms with Crippen molar-refractivity contribution in [3.63, 3.8) is 0 Å². The third kappa shape index (κ3) is 3.71. The smallest absolute Gasteiger partial charge is 0.263 e. The average molecular weight is 287 g/mol. The van der Waals surface area contributed by atoms with Crippen LogP contribution >= 0.6 is 11.3 Å². The normalized spacial score (nSPS) is 10.1. The Hall–Kier alpha value is -2.07. The molecule has 0 unspecified atom stereocenters. The summed E-state index contributed by atoms with van der Waals surface area (Å²) in [4.78, 5) is 14.6. The van der Waals surface area contributed by atoms with Gasteiger partial charge in [-0.05, 0) is 29.1 Å². The van der Waals surface area contributed by atoms with Crippen molar-refractivity contribution in [2.24, 2.45) is 0 Å². The molecule has 0 saturated heterocycles. The summed E-state index contributed by atoms with van der Waals surface area (Å²) in [6.45, 7) is 4.69. The van der Waals surface area contributed by atoms with Crippen LogP contribution in [0.3, 0.4) is 0 Å². The Morgan fingerprint density at radius 2 is 2.10 bits per heavy atom.